The molecule has 1 aliphatic heterocycles. The van der Waals surface area contributed by atoms with Gasteiger partial charge in [-0.15, -0.1) is 0 Å². The number of ether oxygens (including phenoxy) is 2. The SMILES string of the molecule is CCCCOCC(O)CNC1CCOC1C. The van der Waals surface area contributed by atoms with Gasteiger partial charge in [-0.25, -0.2) is 0 Å². The van der Waals surface area contributed by atoms with Crippen LogP contribution in [0.25, 0.3) is 0 Å². The molecular formula is C12H25NO3. The zero-order chi connectivity index (χ0) is 11.8. The molecule has 0 aliphatic carbocycles. The third-order valence-electron chi connectivity index (χ3n) is 2.94. The first-order valence-electron chi connectivity index (χ1n) is 6.34. The number of rotatable bonds is 8. The summed E-state index contributed by atoms with van der Waals surface area (Å²) in [5, 5.41) is 13.0. The van der Waals surface area contributed by atoms with Crippen LogP contribution in [0, 0.1) is 0 Å². The zero-order valence-corrected chi connectivity index (χ0v) is 10.4. The largest absolute Gasteiger partial charge is 0.389 e. The molecule has 1 aliphatic rings. The lowest BCUT2D eigenvalue weighted by molar-refractivity contribution is 0.0326. The molecule has 3 unspecified atom stereocenters. The summed E-state index contributed by atoms with van der Waals surface area (Å²) in [6.45, 7) is 6.77. The predicted molar refractivity (Wildman–Crippen MR) is 63.6 cm³/mol. The molecule has 2 N–H and O–H groups in total. The van der Waals surface area contributed by atoms with Crippen LogP contribution in [0.15, 0.2) is 0 Å². The molecule has 0 radical (unpaired) electrons. The Hall–Kier alpha value is -0.160. The average Bonchev–Trinajstić information content (AvgIpc) is 2.67. The fourth-order valence-electron chi connectivity index (χ4n) is 1.81. The number of aliphatic hydroxyl groups is 1. The third kappa shape index (κ3) is 5.25. The van der Waals surface area contributed by atoms with Gasteiger partial charge in [0.15, 0.2) is 0 Å². The van der Waals surface area contributed by atoms with Gasteiger partial charge >= 0.3 is 0 Å². The van der Waals surface area contributed by atoms with E-state index in [1.807, 2.05) is 0 Å². The molecule has 0 amide bonds. The topological polar surface area (TPSA) is 50.7 Å². The van der Waals surface area contributed by atoms with E-state index in [9.17, 15) is 5.11 Å². The molecule has 4 heteroatoms. The van der Waals surface area contributed by atoms with Crippen molar-refractivity contribution in [2.75, 3.05) is 26.4 Å². The van der Waals surface area contributed by atoms with Crippen LogP contribution in [-0.4, -0.2) is 49.7 Å². The maximum atomic E-state index is 9.67. The Labute approximate surface area is 98.3 Å². The van der Waals surface area contributed by atoms with Crippen LogP contribution >= 0.6 is 0 Å². The predicted octanol–water partition coefficient (Wildman–Crippen LogP) is 0.931. The van der Waals surface area contributed by atoms with Crippen molar-refractivity contribution in [2.24, 2.45) is 0 Å². The van der Waals surface area contributed by atoms with E-state index in [-0.39, 0.29) is 6.10 Å². The van der Waals surface area contributed by atoms with Crippen molar-refractivity contribution in [3.63, 3.8) is 0 Å². The summed E-state index contributed by atoms with van der Waals surface area (Å²) in [4.78, 5) is 0. The minimum Gasteiger partial charge on any atom is -0.389 e. The highest BCUT2D eigenvalue weighted by Crippen LogP contribution is 2.12. The number of hydrogen-bond acceptors (Lipinski definition) is 4. The van der Waals surface area contributed by atoms with E-state index in [2.05, 4.69) is 19.2 Å². The summed E-state index contributed by atoms with van der Waals surface area (Å²) in [6.07, 6.45) is 3.07. The van der Waals surface area contributed by atoms with Gasteiger partial charge in [0.25, 0.3) is 0 Å². The highest BCUT2D eigenvalue weighted by atomic mass is 16.5. The lowest BCUT2D eigenvalue weighted by atomic mass is 10.1. The normalized spacial score (nSPS) is 27.2. The summed E-state index contributed by atoms with van der Waals surface area (Å²) >= 11 is 0. The van der Waals surface area contributed by atoms with Crippen LogP contribution in [0.5, 0.6) is 0 Å². The Morgan fingerprint density at radius 3 is 3.00 bits per heavy atom. The second kappa shape index (κ2) is 8.01. The van der Waals surface area contributed by atoms with Crippen molar-refractivity contribution in [1.29, 1.82) is 0 Å². The number of hydrogen-bond donors (Lipinski definition) is 2. The monoisotopic (exact) mass is 231 g/mol. The molecule has 0 spiro atoms. The molecule has 1 fully saturated rings. The van der Waals surface area contributed by atoms with Gasteiger partial charge in [0, 0.05) is 25.8 Å². The van der Waals surface area contributed by atoms with Crippen LogP contribution in [0.3, 0.4) is 0 Å². The van der Waals surface area contributed by atoms with Gasteiger partial charge in [-0.2, -0.15) is 0 Å². The molecule has 0 saturated carbocycles. The molecule has 0 aromatic rings. The van der Waals surface area contributed by atoms with Crippen molar-refractivity contribution in [3.05, 3.63) is 0 Å². The van der Waals surface area contributed by atoms with Crippen LogP contribution in [-0.2, 0) is 9.47 Å². The third-order valence-corrected chi connectivity index (χ3v) is 2.94. The fraction of sp³-hybridized carbons (Fsp3) is 1.00. The number of unbranched alkanes of at least 4 members (excludes halogenated alkanes) is 1. The molecule has 1 rings (SSSR count). The fourth-order valence-corrected chi connectivity index (χ4v) is 1.81. The maximum absolute atomic E-state index is 9.67. The summed E-state index contributed by atoms with van der Waals surface area (Å²) < 4.78 is 10.8. The molecule has 0 aromatic carbocycles. The van der Waals surface area contributed by atoms with Gasteiger partial charge in [-0.05, 0) is 19.8 Å². The average molecular weight is 231 g/mol. The van der Waals surface area contributed by atoms with Crippen molar-refractivity contribution < 1.29 is 14.6 Å². The number of nitrogens with one attached hydrogen (secondary N) is 1. The van der Waals surface area contributed by atoms with Gasteiger partial charge in [-0.1, -0.05) is 13.3 Å². The van der Waals surface area contributed by atoms with Crippen LogP contribution in [0.1, 0.15) is 33.1 Å². The van der Waals surface area contributed by atoms with Gasteiger partial charge in [-0.3, -0.25) is 0 Å². The minimum atomic E-state index is -0.412. The Morgan fingerprint density at radius 2 is 2.38 bits per heavy atom. The summed E-state index contributed by atoms with van der Waals surface area (Å²) in [5.74, 6) is 0. The van der Waals surface area contributed by atoms with Gasteiger partial charge in [0.1, 0.15) is 0 Å². The van der Waals surface area contributed by atoms with Crippen molar-refractivity contribution >= 4 is 0 Å². The van der Waals surface area contributed by atoms with Crippen LogP contribution in [0.2, 0.25) is 0 Å². The van der Waals surface area contributed by atoms with Gasteiger partial charge < -0.3 is 19.9 Å². The van der Waals surface area contributed by atoms with E-state index in [1.165, 1.54) is 0 Å². The van der Waals surface area contributed by atoms with Gasteiger partial charge in [0.2, 0.25) is 0 Å². The van der Waals surface area contributed by atoms with Crippen LogP contribution < -0.4 is 5.32 Å². The molecule has 1 heterocycles. The lowest BCUT2D eigenvalue weighted by Crippen LogP contribution is -2.40. The smallest absolute Gasteiger partial charge is 0.0897 e. The first-order valence-corrected chi connectivity index (χ1v) is 6.34. The quantitative estimate of drug-likeness (QED) is 0.610. The molecule has 0 aromatic heterocycles. The minimum absolute atomic E-state index is 0.258. The van der Waals surface area contributed by atoms with E-state index in [1.54, 1.807) is 0 Å². The van der Waals surface area contributed by atoms with Crippen molar-refractivity contribution in [3.8, 4) is 0 Å². The number of aliphatic hydroxyl groups excluding tert-OH is 1. The highest BCUT2D eigenvalue weighted by molar-refractivity contribution is 4.79. The van der Waals surface area contributed by atoms with E-state index < -0.39 is 6.10 Å². The van der Waals surface area contributed by atoms with E-state index in [4.69, 9.17) is 9.47 Å². The first-order chi connectivity index (χ1) is 7.74. The van der Waals surface area contributed by atoms with Gasteiger partial charge in [0.05, 0.1) is 18.8 Å². The van der Waals surface area contributed by atoms with E-state index in [0.717, 1.165) is 32.5 Å². The maximum Gasteiger partial charge on any atom is 0.0897 e. The molecular weight excluding hydrogens is 206 g/mol. The molecule has 3 atom stereocenters. The molecule has 1 saturated heterocycles. The second-order valence-corrected chi connectivity index (χ2v) is 4.46. The zero-order valence-electron chi connectivity index (χ0n) is 10.4. The van der Waals surface area contributed by atoms with E-state index in [0.29, 0.717) is 19.2 Å². The molecule has 96 valence electrons. The summed E-state index contributed by atoms with van der Waals surface area (Å²) in [7, 11) is 0. The van der Waals surface area contributed by atoms with Crippen LogP contribution in [0.4, 0.5) is 0 Å². The molecule has 0 bridgehead atoms. The van der Waals surface area contributed by atoms with E-state index >= 15 is 0 Å². The molecule has 16 heavy (non-hydrogen) atoms. The standard InChI is InChI=1S/C12H25NO3/c1-3-4-6-15-9-11(14)8-13-12-5-7-16-10(12)2/h10-14H,3-9H2,1-2H3. The van der Waals surface area contributed by atoms with Crippen molar-refractivity contribution in [1.82, 2.24) is 5.32 Å². The Bertz CT molecular complexity index is 178. The Balaban J connectivity index is 1.99. The summed E-state index contributed by atoms with van der Waals surface area (Å²) in [6, 6.07) is 0.380. The highest BCUT2D eigenvalue weighted by Gasteiger charge is 2.23. The molecule has 4 nitrogen and oxygen atoms in total. The first kappa shape index (κ1) is 13.9. The van der Waals surface area contributed by atoms with Crippen molar-refractivity contribution in [2.45, 2.75) is 51.4 Å². The Morgan fingerprint density at radius 1 is 1.56 bits per heavy atom. The lowest BCUT2D eigenvalue weighted by Gasteiger charge is -2.18. The summed E-state index contributed by atoms with van der Waals surface area (Å²) in [5.41, 5.74) is 0. The second-order valence-electron chi connectivity index (χ2n) is 4.46. The Kier molecular flexibility index (Phi) is 6.96.